The van der Waals surface area contributed by atoms with E-state index in [1.807, 2.05) is 24.3 Å². The van der Waals surface area contributed by atoms with Gasteiger partial charge < -0.3 is 4.90 Å². The van der Waals surface area contributed by atoms with E-state index >= 15 is 0 Å². The molecule has 116 valence electrons. The van der Waals surface area contributed by atoms with Crippen LogP contribution in [0.3, 0.4) is 0 Å². The highest BCUT2D eigenvalue weighted by atomic mass is 35.5. The minimum atomic E-state index is -0.195. The number of rotatable bonds is 3. The number of hydrogen-bond donors (Lipinski definition) is 0. The Morgan fingerprint density at radius 3 is 2.23 bits per heavy atom. The zero-order chi connectivity index (χ0) is 15.5. The predicted molar refractivity (Wildman–Crippen MR) is 90.4 cm³/mol. The van der Waals surface area contributed by atoms with Crippen LogP contribution in [0.2, 0.25) is 10.0 Å². The summed E-state index contributed by atoms with van der Waals surface area (Å²) in [7, 11) is 0. The zero-order valence-electron chi connectivity index (χ0n) is 12.1. The third kappa shape index (κ3) is 3.72. The second-order valence-corrected chi connectivity index (χ2v) is 6.32. The summed E-state index contributed by atoms with van der Waals surface area (Å²) >= 11 is 12.2. The lowest BCUT2D eigenvalue weighted by molar-refractivity contribution is 0.250. The van der Waals surface area contributed by atoms with Crippen LogP contribution >= 0.6 is 23.2 Å². The van der Waals surface area contributed by atoms with Crippen LogP contribution in [0.15, 0.2) is 42.5 Å². The predicted octanol–water partition coefficient (Wildman–Crippen LogP) is 4.45. The summed E-state index contributed by atoms with van der Waals surface area (Å²) in [5.41, 5.74) is 2.17. The van der Waals surface area contributed by atoms with Gasteiger partial charge in [0.25, 0.3) is 0 Å². The molecular formula is C17H17Cl2FN2. The van der Waals surface area contributed by atoms with Gasteiger partial charge in [-0.05, 0) is 42.0 Å². The summed E-state index contributed by atoms with van der Waals surface area (Å²) in [6, 6.07) is 12.3. The van der Waals surface area contributed by atoms with E-state index in [1.54, 1.807) is 6.07 Å². The molecule has 0 spiro atoms. The summed E-state index contributed by atoms with van der Waals surface area (Å²) in [4.78, 5) is 4.65. The molecule has 2 aromatic carbocycles. The molecule has 22 heavy (non-hydrogen) atoms. The van der Waals surface area contributed by atoms with Crippen LogP contribution in [-0.2, 0) is 6.54 Å². The van der Waals surface area contributed by atoms with Gasteiger partial charge in [-0.3, -0.25) is 4.90 Å². The fraction of sp³-hybridized carbons (Fsp3) is 0.294. The van der Waals surface area contributed by atoms with Crippen molar-refractivity contribution in [2.75, 3.05) is 31.1 Å². The van der Waals surface area contributed by atoms with Crippen molar-refractivity contribution in [3.63, 3.8) is 0 Å². The van der Waals surface area contributed by atoms with Crippen molar-refractivity contribution in [3.8, 4) is 0 Å². The van der Waals surface area contributed by atoms with Crippen LogP contribution < -0.4 is 4.90 Å². The van der Waals surface area contributed by atoms with Gasteiger partial charge in [0.2, 0.25) is 0 Å². The van der Waals surface area contributed by atoms with Crippen molar-refractivity contribution in [2.45, 2.75) is 6.54 Å². The number of halogens is 3. The van der Waals surface area contributed by atoms with E-state index in [2.05, 4.69) is 9.80 Å². The molecule has 1 aliphatic heterocycles. The average molecular weight is 339 g/mol. The van der Waals surface area contributed by atoms with E-state index < -0.39 is 0 Å². The summed E-state index contributed by atoms with van der Waals surface area (Å²) in [6.45, 7) is 4.59. The van der Waals surface area contributed by atoms with Crippen LogP contribution in [0.25, 0.3) is 0 Å². The van der Waals surface area contributed by atoms with Crippen molar-refractivity contribution in [1.29, 1.82) is 0 Å². The molecule has 0 aliphatic carbocycles. The van der Waals surface area contributed by atoms with Gasteiger partial charge in [0.05, 0.1) is 0 Å². The molecule has 2 nitrogen and oxygen atoms in total. The SMILES string of the molecule is Fc1ccc(N2CCN(Cc3ccc(Cl)cc3Cl)CC2)cc1. The lowest BCUT2D eigenvalue weighted by Crippen LogP contribution is -2.46. The molecule has 1 aliphatic rings. The van der Waals surface area contributed by atoms with Crippen LogP contribution in [0.5, 0.6) is 0 Å². The molecule has 1 saturated heterocycles. The summed E-state index contributed by atoms with van der Waals surface area (Å²) < 4.78 is 13.0. The number of piperazine rings is 1. The van der Waals surface area contributed by atoms with Gasteiger partial charge in [-0.1, -0.05) is 29.3 Å². The molecule has 0 amide bonds. The maximum Gasteiger partial charge on any atom is 0.123 e. The molecule has 3 rings (SSSR count). The Kier molecular flexibility index (Phi) is 4.87. The molecule has 5 heteroatoms. The Labute approximate surface area is 140 Å². The minimum absolute atomic E-state index is 0.195. The molecule has 0 atom stereocenters. The van der Waals surface area contributed by atoms with Gasteiger partial charge in [-0.25, -0.2) is 4.39 Å². The maximum absolute atomic E-state index is 13.0. The molecule has 1 fully saturated rings. The van der Waals surface area contributed by atoms with Crippen LogP contribution in [0.1, 0.15) is 5.56 Å². The molecule has 1 heterocycles. The second kappa shape index (κ2) is 6.86. The Balaban J connectivity index is 1.58. The van der Waals surface area contributed by atoms with Gasteiger partial charge in [0.1, 0.15) is 5.82 Å². The highest BCUT2D eigenvalue weighted by molar-refractivity contribution is 6.35. The van der Waals surface area contributed by atoms with E-state index in [0.717, 1.165) is 44.0 Å². The van der Waals surface area contributed by atoms with Crippen molar-refractivity contribution in [1.82, 2.24) is 4.90 Å². The first-order chi connectivity index (χ1) is 10.6. The topological polar surface area (TPSA) is 6.48 Å². The number of nitrogens with zero attached hydrogens (tertiary/aromatic N) is 2. The minimum Gasteiger partial charge on any atom is -0.369 e. The summed E-state index contributed by atoms with van der Waals surface area (Å²) in [5, 5.41) is 1.38. The van der Waals surface area contributed by atoms with Crippen LogP contribution in [0.4, 0.5) is 10.1 Å². The summed E-state index contributed by atoms with van der Waals surface area (Å²) in [6.07, 6.45) is 0. The van der Waals surface area contributed by atoms with E-state index in [9.17, 15) is 4.39 Å². The van der Waals surface area contributed by atoms with E-state index in [4.69, 9.17) is 23.2 Å². The van der Waals surface area contributed by atoms with E-state index in [0.29, 0.717) is 10.0 Å². The lowest BCUT2D eigenvalue weighted by Gasteiger charge is -2.36. The molecule has 0 unspecified atom stereocenters. The molecule has 0 saturated carbocycles. The molecule has 0 aromatic heterocycles. The smallest absolute Gasteiger partial charge is 0.123 e. The molecule has 2 aromatic rings. The first-order valence-corrected chi connectivity index (χ1v) is 8.04. The Hall–Kier alpha value is -1.29. The van der Waals surface area contributed by atoms with Crippen molar-refractivity contribution in [2.24, 2.45) is 0 Å². The van der Waals surface area contributed by atoms with E-state index in [-0.39, 0.29) is 5.82 Å². The zero-order valence-corrected chi connectivity index (χ0v) is 13.6. The molecule has 0 bridgehead atoms. The van der Waals surface area contributed by atoms with Crippen molar-refractivity contribution < 1.29 is 4.39 Å². The second-order valence-electron chi connectivity index (χ2n) is 5.48. The van der Waals surface area contributed by atoms with Crippen LogP contribution in [0, 0.1) is 5.82 Å². The van der Waals surface area contributed by atoms with Gasteiger partial charge in [0.15, 0.2) is 0 Å². The largest absolute Gasteiger partial charge is 0.369 e. The normalized spacial score (nSPS) is 16.0. The Bertz CT molecular complexity index is 638. The number of anilines is 1. The number of hydrogen-bond acceptors (Lipinski definition) is 2. The molecular weight excluding hydrogens is 322 g/mol. The highest BCUT2D eigenvalue weighted by Crippen LogP contribution is 2.23. The molecule has 0 N–H and O–H groups in total. The fourth-order valence-electron chi connectivity index (χ4n) is 2.71. The standard InChI is InChI=1S/C17H17Cl2FN2/c18-14-2-1-13(17(19)11-14)12-21-7-9-22(10-8-21)16-5-3-15(20)4-6-16/h1-6,11H,7-10,12H2. The fourth-order valence-corrected chi connectivity index (χ4v) is 3.18. The van der Waals surface area contributed by atoms with Crippen molar-refractivity contribution in [3.05, 3.63) is 63.9 Å². The third-order valence-corrected chi connectivity index (χ3v) is 4.56. The van der Waals surface area contributed by atoms with Gasteiger partial charge >= 0.3 is 0 Å². The van der Waals surface area contributed by atoms with Gasteiger partial charge in [-0.15, -0.1) is 0 Å². The van der Waals surface area contributed by atoms with Crippen molar-refractivity contribution >= 4 is 28.9 Å². The first-order valence-electron chi connectivity index (χ1n) is 7.28. The quantitative estimate of drug-likeness (QED) is 0.815. The number of benzene rings is 2. The van der Waals surface area contributed by atoms with E-state index in [1.165, 1.54) is 12.1 Å². The first kappa shape index (κ1) is 15.6. The third-order valence-electron chi connectivity index (χ3n) is 3.97. The monoisotopic (exact) mass is 338 g/mol. The Morgan fingerprint density at radius 2 is 1.59 bits per heavy atom. The Morgan fingerprint density at radius 1 is 0.909 bits per heavy atom. The van der Waals surface area contributed by atoms with Gasteiger partial charge in [0, 0.05) is 48.5 Å². The van der Waals surface area contributed by atoms with Crippen LogP contribution in [-0.4, -0.2) is 31.1 Å². The van der Waals surface area contributed by atoms with Gasteiger partial charge in [-0.2, -0.15) is 0 Å². The highest BCUT2D eigenvalue weighted by Gasteiger charge is 2.18. The lowest BCUT2D eigenvalue weighted by atomic mass is 10.2. The average Bonchev–Trinajstić information content (AvgIpc) is 2.52. The summed E-state index contributed by atoms with van der Waals surface area (Å²) in [5.74, 6) is -0.195. The molecule has 0 radical (unpaired) electrons. The maximum atomic E-state index is 13.0.